The van der Waals surface area contributed by atoms with Gasteiger partial charge in [-0.1, -0.05) is 54.6 Å². The molecule has 1 atom stereocenters. The van der Waals surface area contributed by atoms with E-state index in [-0.39, 0.29) is 18.2 Å². The summed E-state index contributed by atoms with van der Waals surface area (Å²) in [7, 11) is 0. The summed E-state index contributed by atoms with van der Waals surface area (Å²) < 4.78 is 5.09. The molecule has 1 unspecified atom stereocenters. The van der Waals surface area contributed by atoms with Crippen molar-refractivity contribution in [1.82, 2.24) is 10.6 Å². The summed E-state index contributed by atoms with van der Waals surface area (Å²) in [6.07, 6.45) is 0.510. The van der Waals surface area contributed by atoms with Gasteiger partial charge in [0.2, 0.25) is 0 Å². The van der Waals surface area contributed by atoms with Crippen molar-refractivity contribution in [3.05, 3.63) is 77.9 Å². The zero-order valence-electron chi connectivity index (χ0n) is 16.9. The van der Waals surface area contributed by atoms with Gasteiger partial charge < -0.3 is 15.4 Å². The van der Waals surface area contributed by atoms with E-state index in [9.17, 15) is 9.59 Å². The fourth-order valence-electron chi connectivity index (χ4n) is 3.68. The second-order valence-corrected chi connectivity index (χ2v) is 7.40. The first kappa shape index (κ1) is 19.8. The Morgan fingerprint density at radius 2 is 1.83 bits per heavy atom. The second-order valence-electron chi connectivity index (χ2n) is 7.40. The minimum atomic E-state index is -0.312. The number of carbonyl (C=O) groups is 2. The van der Waals surface area contributed by atoms with Crippen molar-refractivity contribution in [3.63, 3.8) is 0 Å². The molecule has 0 aliphatic carbocycles. The average molecular weight is 403 g/mol. The van der Waals surface area contributed by atoms with Gasteiger partial charge in [-0.3, -0.25) is 4.90 Å². The van der Waals surface area contributed by atoms with Gasteiger partial charge in [-0.2, -0.15) is 0 Å². The smallest absolute Gasteiger partial charge is 0.414 e. The molecule has 0 saturated carbocycles. The number of carbonyl (C=O) groups excluding carboxylic acids is 2. The lowest BCUT2D eigenvalue weighted by molar-refractivity contribution is 0.140. The van der Waals surface area contributed by atoms with Crippen LogP contribution in [0.2, 0.25) is 0 Å². The molecule has 6 heteroatoms. The first-order chi connectivity index (χ1) is 14.6. The number of ether oxygens (including phenoxy) is 1. The van der Waals surface area contributed by atoms with E-state index < -0.39 is 0 Å². The lowest BCUT2D eigenvalue weighted by atomic mass is 10.0. The van der Waals surface area contributed by atoms with Crippen LogP contribution in [0.1, 0.15) is 30.5 Å². The number of urea groups is 1. The van der Waals surface area contributed by atoms with E-state index >= 15 is 0 Å². The molecule has 30 heavy (non-hydrogen) atoms. The summed E-state index contributed by atoms with van der Waals surface area (Å²) in [5.74, 6) is 0. The maximum atomic E-state index is 12.4. The summed E-state index contributed by atoms with van der Waals surface area (Å²) in [4.78, 5) is 25.9. The van der Waals surface area contributed by atoms with Crippen LogP contribution in [0.3, 0.4) is 0 Å². The van der Waals surface area contributed by atoms with Crippen molar-refractivity contribution in [3.8, 4) is 0 Å². The van der Waals surface area contributed by atoms with Gasteiger partial charge in [-0.15, -0.1) is 0 Å². The fraction of sp³-hybridized carbons (Fsp3) is 0.250. The van der Waals surface area contributed by atoms with Crippen LogP contribution in [0, 0.1) is 0 Å². The SMILES string of the molecule is CC(NC(=O)NCc1cccc2ccccc12)c1ccc(N2CCCOC2=O)cc1. The lowest BCUT2D eigenvalue weighted by Gasteiger charge is -2.26. The van der Waals surface area contributed by atoms with Gasteiger partial charge in [-0.05, 0) is 47.4 Å². The molecule has 3 amide bonds. The standard InChI is InChI=1S/C24H25N3O3/c1-17(18-10-12-21(13-11-18)27-14-5-15-30-24(27)29)26-23(28)25-16-20-8-4-7-19-6-2-3-9-22(19)20/h2-4,6-13,17H,5,14-16H2,1H3,(H2,25,26,28). The van der Waals surface area contributed by atoms with Crippen LogP contribution >= 0.6 is 0 Å². The Kier molecular flexibility index (Phi) is 5.84. The number of hydrogen-bond donors (Lipinski definition) is 2. The highest BCUT2D eigenvalue weighted by molar-refractivity contribution is 5.88. The van der Waals surface area contributed by atoms with E-state index in [1.54, 1.807) is 4.90 Å². The molecule has 0 aromatic heterocycles. The molecule has 2 N–H and O–H groups in total. The van der Waals surface area contributed by atoms with Crippen molar-refractivity contribution in [1.29, 1.82) is 0 Å². The Labute approximate surface area is 175 Å². The second kappa shape index (κ2) is 8.86. The van der Waals surface area contributed by atoms with Gasteiger partial charge in [0, 0.05) is 18.8 Å². The Hall–Kier alpha value is -3.54. The molecule has 1 aliphatic heterocycles. The minimum Gasteiger partial charge on any atom is -0.449 e. The maximum absolute atomic E-state index is 12.4. The summed E-state index contributed by atoms with van der Waals surface area (Å²) in [6.45, 7) is 3.52. The quantitative estimate of drug-likeness (QED) is 0.646. The van der Waals surface area contributed by atoms with Gasteiger partial charge in [0.1, 0.15) is 0 Å². The molecular weight excluding hydrogens is 378 g/mol. The highest BCUT2D eigenvalue weighted by Crippen LogP contribution is 2.22. The van der Waals surface area contributed by atoms with Crippen molar-refractivity contribution >= 4 is 28.6 Å². The van der Waals surface area contributed by atoms with Crippen LogP contribution in [-0.4, -0.2) is 25.3 Å². The molecule has 3 aromatic rings. The third kappa shape index (κ3) is 4.38. The van der Waals surface area contributed by atoms with Crippen LogP contribution in [0.4, 0.5) is 15.3 Å². The number of nitrogens with one attached hydrogen (secondary N) is 2. The molecule has 0 spiro atoms. The average Bonchev–Trinajstić information content (AvgIpc) is 2.78. The number of fused-ring (bicyclic) bond motifs is 1. The number of benzene rings is 3. The monoisotopic (exact) mass is 403 g/mol. The van der Waals surface area contributed by atoms with Gasteiger partial charge in [-0.25, -0.2) is 9.59 Å². The Balaban J connectivity index is 1.34. The van der Waals surface area contributed by atoms with Gasteiger partial charge in [0.15, 0.2) is 0 Å². The normalized spacial score (nSPS) is 14.8. The van der Waals surface area contributed by atoms with E-state index in [0.717, 1.165) is 34.0 Å². The maximum Gasteiger partial charge on any atom is 0.414 e. The number of rotatable bonds is 5. The summed E-state index contributed by atoms with van der Waals surface area (Å²) >= 11 is 0. The van der Waals surface area contributed by atoms with E-state index in [2.05, 4.69) is 28.8 Å². The molecule has 1 heterocycles. The molecule has 4 rings (SSSR count). The first-order valence-corrected chi connectivity index (χ1v) is 10.2. The Bertz CT molecular complexity index is 1040. The number of hydrogen-bond acceptors (Lipinski definition) is 3. The van der Waals surface area contributed by atoms with Crippen LogP contribution < -0.4 is 15.5 Å². The fourth-order valence-corrected chi connectivity index (χ4v) is 3.68. The van der Waals surface area contributed by atoms with E-state index in [1.165, 1.54) is 0 Å². The Morgan fingerprint density at radius 1 is 1.07 bits per heavy atom. The van der Waals surface area contributed by atoms with Crippen LogP contribution in [0.25, 0.3) is 10.8 Å². The molecule has 3 aromatic carbocycles. The van der Waals surface area contributed by atoms with Crippen LogP contribution in [0.15, 0.2) is 66.7 Å². The molecule has 1 fully saturated rings. The number of amides is 3. The van der Waals surface area contributed by atoms with Crippen LogP contribution in [0.5, 0.6) is 0 Å². The number of anilines is 1. The zero-order chi connectivity index (χ0) is 20.9. The third-order valence-electron chi connectivity index (χ3n) is 5.34. The van der Waals surface area contributed by atoms with E-state index in [1.807, 2.05) is 55.5 Å². The van der Waals surface area contributed by atoms with Gasteiger partial charge >= 0.3 is 12.1 Å². The van der Waals surface area contributed by atoms with Crippen molar-refractivity contribution in [2.75, 3.05) is 18.1 Å². The van der Waals surface area contributed by atoms with Gasteiger partial charge in [0.05, 0.1) is 12.6 Å². The highest BCUT2D eigenvalue weighted by atomic mass is 16.6. The largest absolute Gasteiger partial charge is 0.449 e. The van der Waals surface area contributed by atoms with Crippen molar-refractivity contribution in [2.45, 2.75) is 25.9 Å². The molecule has 6 nitrogen and oxygen atoms in total. The van der Waals surface area contributed by atoms with Crippen molar-refractivity contribution in [2.24, 2.45) is 0 Å². The molecule has 154 valence electrons. The van der Waals surface area contributed by atoms with Crippen molar-refractivity contribution < 1.29 is 14.3 Å². The molecular formula is C24H25N3O3. The Morgan fingerprint density at radius 3 is 2.63 bits per heavy atom. The predicted molar refractivity (Wildman–Crippen MR) is 117 cm³/mol. The molecule has 0 bridgehead atoms. The third-order valence-corrected chi connectivity index (χ3v) is 5.34. The zero-order valence-corrected chi connectivity index (χ0v) is 16.9. The molecule has 1 saturated heterocycles. The lowest BCUT2D eigenvalue weighted by Crippen LogP contribution is -2.38. The highest BCUT2D eigenvalue weighted by Gasteiger charge is 2.21. The van der Waals surface area contributed by atoms with E-state index in [0.29, 0.717) is 19.7 Å². The topological polar surface area (TPSA) is 70.7 Å². The van der Waals surface area contributed by atoms with E-state index in [4.69, 9.17) is 4.74 Å². The predicted octanol–water partition coefficient (Wildman–Crippen LogP) is 4.75. The number of cyclic esters (lactones) is 1. The summed E-state index contributed by atoms with van der Waals surface area (Å²) in [6, 6.07) is 21.4. The minimum absolute atomic E-state index is 0.167. The van der Waals surface area contributed by atoms with Crippen LogP contribution in [-0.2, 0) is 11.3 Å². The summed E-state index contributed by atoms with van der Waals surface area (Å²) in [5, 5.41) is 8.20. The summed E-state index contributed by atoms with van der Waals surface area (Å²) in [5.41, 5.74) is 2.84. The first-order valence-electron chi connectivity index (χ1n) is 10.2. The molecule has 1 aliphatic rings. The molecule has 0 radical (unpaired) electrons. The van der Waals surface area contributed by atoms with Gasteiger partial charge in [0.25, 0.3) is 0 Å². The number of nitrogens with zero attached hydrogens (tertiary/aromatic N) is 1.